The predicted molar refractivity (Wildman–Crippen MR) is 105 cm³/mol. The lowest BCUT2D eigenvalue weighted by Crippen LogP contribution is -2.62. The average molecular weight is 437 g/mol. The van der Waals surface area contributed by atoms with E-state index in [0.29, 0.717) is 12.0 Å². The first-order valence-electron chi connectivity index (χ1n) is 9.15. The molecule has 6 nitrogen and oxygen atoms in total. The van der Waals surface area contributed by atoms with E-state index in [4.69, 9.17) is 0 Å². The van der Waals surface area contributed by atoms with Crippen molar-refractivity contribution in [1.82, 2.24) is 10.2 Å². The molecule has 1 saturated carbocycles. The summed E-state index contributed by atoms with van der Waals surface area (Å²) in [7, 11) is 0. The summed E-state index contributed by atoms with van der Waals surface area (Å²) in [5.41, 5.74) is -0.281. The molecule has 3 atom stereocenters. The van der Waals surface area contributed by atoms with E-state index < -0.39 is 17.7 Å². The smallest absolute Gasteiger partial charge is 0.408 e. The largest absolute Gasteiger partial charge is 0.465 e. The van der Waals surface area contributed by atoms with Gasteiger partial charge in [-0.05, 0) is 42.7 Å². The highest BCUT2D eigenvalue weighted by Crippen LogP contribution is 2.57. The maximum absolute atomic E-state index is 12.8. The van der Waals surface area contributed by atoms with Crippen molar-refractivity contribution in [3.8, 4) is 0 Å². The van der Waals surface area contributed by atoms with Crippen molar-refractivity contribution in [2.75, 3.05) is 6.54 Å². The molecule has 1 aliphatic carbocycles. The average Bonchev–Trinajstić information content (AvgIpc) is 3.17. The molecule has 1 saturated heterocycles. The van der Waals surface area contributed by atoms with Gasteiger partial charge in [-0.25, -0.2) is 4.79 Å². The van der Waals surface area contributed by atoms with Crippen molar-refractivity contribution < 1.29 is 19.5 Å². The molecule has 7 heteroatoms. The Labute approximate surface area is 167 Å². The van der Waals surface area contributed by atoms with E-state index in [-0.39, 0.29) is 29.6 Å². The highest BCUT2D eigenvalue weighted by molar-refractivity contribution is 9.10. The lowest BCUT2D eigenvalue weighted by Gasteiger charge is -2.48. The van der Waals surface area contributed by atoms with E-state index in [9.17, 15) is 19.5 Å². The van der Waals surface area contributed by atoms with Crippen molar-refractivity contribution in [2.24, 2.45) is 11.3 Å². The van der Waals surface area contributed by atoms with Crippen LogP contribution in [0.15, 0.2) is 28.7 Å². The van der Waals surface area contributed by atoms with Gasteiger partial charge in [-0.3, -0.25) is 14.5 Å². The highest BCUT2D eigenvalue weighted by Gasteiger charge is 2.64. The zero-order chi connectivity index (χ0) is 20.0. The molecule has 1 heterocycles. The number of hydrogen-bond acceptors (Lipinski definition) is 3. The Hall–Kier alpha value is -1.89. The summed E-state index contributed by atoms with van der Waals surface area (Å²) in [6.45, 7) is 5.95. The van der Waals surface area contributed by atoms with Crippen LogP contribution in [0.3, 0.4) is 0 Å². The molecule has 2 bridgehead atoms. The van der Waals surface area contributed by atoms with Gasteiger partial charge in [-0.2, -0.15) is 0 Å². The Kier molecular flexibility index (Phi) is 5.10. The van der Waals surface area contributed by atoms with E-state index in [0.717, 1.165) is 17.3 Å². The molecule has 1 aromatic carbocycles. The van der Waals surface area contributed by atoms with E-state index in [2.05, 4.69) is 21.2 Å². The number of nitrogens with zero attached hydrogens (tertiary/aromatic N) is 1. The van der Waals surface area contributed by atoms with Crippen LogP contribution in [0.5, 0.6) is 0 Å². The quantitative estimate of drug-likeness (QED) is 0.704. The summed E-state index contributed by atoms with van der Waals surface area (Å²) in [4.78, 5) is 38.5. The third-order valence-electron chi connectivity index (χ3n) is 6.17. The summed E-state index contributed by atoms with van der Waals surface area (Å²) in [5, 5.41) is 12.5. The second kappa shape index (κ2) is 6.93. The van der Waals surface area contributed by atoms with Gasteiger partial charge in [-0.1, -0.05) is 48.8 Å². The second-order valence-corrected chi connectivity index (χ2v) is 9.45. The molecule has 3 unspecified atom stereocenters. The topological polar surface area (TPSA) is 86.7 Å². The van der Waals surface area contributed by atoms with Gasteiger partial charge in [0.25, 0.3) is 0 Å². The van der Waals surface area contributed by atoms with Crippen LogP contribution >= 0.6 is 15.9 Å². The molecular formula is C20H25BrN2O4. The molecule has 2 aliphatic rings. The lowest BCUT2D eigenvalue weighted by atomic mass is 9.72. The van der Waals surface area contributed by atoms with E-state index in [1.54, 1.807) is 24.3 Å². The van der Waals surface area contributed by atoms with Crippen LogP contribution in [0.4, 0.5) is 4.79 Å². The van der Waals surface area contributed by atoms with Gasteiger partial charge in [0.05, 0.1) is 12.1 Å². The first kappa shape index (κ1) is 19.9. The Balaban J connectivity index is 1.74. The van der Waals surface area contributed by atoms with Crippen LogP contribution in [0.2, 0.25) is 0 Å². The van der Waals surface area contributed by atoms with E-state index in [1.165, 1.54) is 4.90 Å². The zero-order valence-corrected chi connectivity index (χ0v) is 17.4. The number of hydrogen-bond donors (Lipinski definition) is 2. The molecule has 3 rings (SSSR count). The number of carboxylic acid groups (broad SMARTS) is 1. The van der Waals surface area contributed by atoms with Gasteiger partial charge in [-0.15, -0.1) is 0 Å². The Morgan fingerprint density at radius 3 is 2.44 bits per heavy atom. The minimum Gasteiger partial charge on any atom is -0.465 e. The monoisotopic (exact) mass is 436 g/mol. The van der Waals surface area contributed by atoms with Gasteiger partial charge in [0, 0.05) is 10.0 Å². The summed E-state index contributed by atoms with van der Waals surface area (Å²) in [5.74, 6) is -0.576. The van der Waals surface area contributed by atoms with Gasteiger partial charge >= 0.3 is 6.09 Å². The van der Waals surface area contributed by atoms with Crippen molar-refractivity contribution in [3.05, 3.63) is 34.3 Å². The van der Waals surface area contributed by atoms with E-state index >= 15 is 0 Å². The number of rotatable bonds is 4. The minimum absolute atomic E-state index is 0.00288. The van der Waals surface area contributed by atoms with Crippen LogP contribution in [-0.4, -0.2) is 45.9 Å². The molecule has 2 fully saturated rings. The summed E-state index contributed by atoms with van der Waals surface area (Å²) < 4.78 is 0.870. The third-order valence-corrected chi connectivity index (χ3v) is 6.70. The summed E-state index contributed by atoms with van der Waals surface area (Å²) in [6.07, 6.45) is 1.24. The third kappa shape index (κ3) is 3.37. The van der Waals surface area contributed by atoms with Gasteiger partial charge < -0.3 is 10.4 Å². The molecule has 0 spiro atoms. The van der Waals surface area contributed by atoms with E-state index in [1.807, 2.05) is 20.8 Å². The number of likely N-dealkylation sites (tertiary alicyclic amines) is 1. The fourth-order valence-corrected chi connectivity index (χ4v) is 4.98. The minimum atomic E-state index is -1.06. The molecule has 27 heavy (non-hydrogen) atoms. The molecule has 146 valence electrons. The van der Waals surface area contributed by atoms with Crippen LogP contribution in [-0.2, 0) is 4.79 Å². The number of Topliss-reactive ketones (excluding diaryl/α,β-unsaturated/α-hetero) is 1. The van der Waals surface area contributed by atoms with Crippen LogP contribution in [0.1, 0.15) is 50.4 Å². The molecule has 1 aromatic rings. The predicted octanol–water partition coefficient (Wildman–Crippen LogP) is 3.70. The molecule has 0 aromatic heterocycles. The lowest BCUT2D eigenvalue weighted by molar-refractivity contribution is -0.129. The number of ketones is 1. The molecule has 2 amide bonds. The number of piperidine rings is 1. The second-order valence-electron chi connectivity index (χ2n) is 8.53. The number of amides is 2. The summed E-state index contributed by atoms with van der Waals surface area (Å²) >= 11 is 3.32. The van der Waals surface area contributed by atoms with Crippen molar-refractivity contribution >= 4 is 33.7 Å². The number of halogens is 1. The van der Waals surface area contributed by atoms with Gasteiger partial charge in [0.15, 0.2) is 5.78 Å². The number of benzene rings is 1. The fraction of sp³-hybridized carbons (Fsp3) is 0.550. The molecule has 1 aliphatic heterocycles. The zero-order valence-electron chi connectivity index (χ0n) is 15.8. The van der Waals surface area contributed by atoms with Gasteiger partial charge in [0.1, 0.15) is 6.04 Å². The maximum atomic E-state index is 12.8. The number of carbonyl (C=O) groups excluding carboxylic acids is 2. The Bertz CT molecular complexity index is 771. The Morgan fingerprint density at radius 2 is 1.89 bits per heavy atom. The fourth-order valence-electron chi connectivity index (χ4n) is 4.71. The number of fused-ring (bicyclic) bond motifs is 2. The van der Waals surface area contributed by atoms with Crippen LogP contribution in [0.25, 0.3) is 0 Å². The number of nitrogens with one attached hydrogen (secondary N) is 1. The SMILES string of the molecule is CC(C)(C)C12CCC(C1)C(C(=O)NCC(=O)c1ccc(Br)cc1)N2C(=O)O. The van der Waals surface area contributed by atoms with Crippen molar-refractivity contribution in [3.63, 3.8) is 0 Å². The Morgan fingerprint density at radius 1 is 1.26 bits per heavy atom. The van der Waals surface area contributed by atoms with Crippen LogP contribution in [0, 0.1) is 11.3 Å². The van der Waals surface area contributed by atoms with Crippen molar-refractivity contribution in [2.45, 2.75) is 51.6 Å². The first-order valence-corrected chi connectivity index (χ1v) is 9.95. The summed E-state index contributed by atoms with van der Waals surface area (Å²) in [6, 6.07) is 6.19. The standard InChI is InChI=1S/C20H25BrN2O4/c1-19(2,3)20-9-8-13(10-20)16(23(20)18(26)27)17(25)22-11-15(24)12-4-6-14(21)7-5-12/h4-7,13,16H,8-11H2,1-3H3,(H,22,25)(H,26,27). The van der Waals surface area contributed by atoms with Crippen molar-refractivity contribution in [1.29, 1.82) is 0 Å². The normalized spacial score (nSPS) is 26.9. The molecular weight excluding hydrogens is 412 g/mol. The molecule has 2 N–H and O–H groups in total. The number of carbonyl (C=O) groups is 3. The molecule has 0 radical (unpaired) electrons. The van der Waals surface area contributed by atoms with Gasteiger partial charge in [0.2, 0.25) is 5.91 Å². The maximum Gasteiger partial charge on any atom is 0.408 e. The highest BCUT2D eigenvalue weighted by atomic mass is 79.9. The first-order chi connectivity index (χ1) is 12.6. The van der Waals surface area contributed by atoms with Crippen LogP contribution < -0.4 is 5.32 Å².